The minimum Gasteiger partial charge on any atom is -0.266 e. The Balaban J connectivity index is 2.09. The van der Waals surface area contributed by atoms with Crippen molar-refractivity contribution in [3.8, 4) is 0 Å². The molecule has 1 aromatic carbocycles. The molecule has 5 nitrogen and oxygen atoms in total. The Morgan fingerprint density at radius 3 is 1.89 bits per heavy atom. The summed E-state index contributed by atoms with van der Waals surface area (Å²) in [6, 6.07) is 7.16. The monoisotopic (exact) mass is 239 g/mol. The fourth-order valence-corrected chi connectivity index (χ4v) is 1.88. The van der Waals surface area contributed by atoms with E-state index >= 15 is 0 Å². The van der Waals surface area contributed by atoms with Gasteiger partial charge in [-0.15, -0.1) is 0 Å². The zero-order chi connectivity index (χ0) is 12.7. The van der Waals surface area contributed by atoms with Crippen LogP contribution in [-0.2, 0) is 0 Å². The highest BCUT2D eigenvalue weighted by atomic mass is 16.2. The molecule has 0 saturated heterocycles. The second kappa shape index (κ2) is 3.73. The van der Waals surface area contributed by atoms with Gasteiger partial charge in [0.15, 0.2) is 11.4 Å². The second-order valence-electron chi connectivity index (χ2n) is 4.03. The third-order valence-corrected chi connectivity index (χ3v) is 2.80. The van der Waals surface area contributed by atoms with Gasteiger partial charge in [0.05, 0.1) is 5.69 Å². The molecule has 2 heterocycles. The number of aryl methyl sites for hydroxylation is 1. The van der Waals surface area contributed by atoms with Crippen molar-refractivity contribution in [1.82, 2.24) is 9.97 Å². The third-order valence-electron chi connectivity index (χ3n) is 2.80. The Labute approximate surface area is 103 Å². The molecule has 88 valence electrons. The molecule has 0 unspecified atom stereocenters. The number of imide groups is 1. The lowest BCUT2D eigenvalue weighted by Crippen LogP contribution is -2.29. The zero-order valence-electron chi connectivity index (χ0n) is 9.62. The van der Waals surface area contributed by atoms with Gasteiger partial charge in [-0.25, -0.2) is 14.9 Å². The largest absolute Gasteiger partial charge is 0.286 e. The molecular formula is C13H9N3O2. The minimum atomic E-state index is -0.424. The molecule has 0 radical (unpaired) electrons. The number of hydrogen-bond donors (Lipinski definition) is 0. The molecule has 1 aromatic heterocycles. The first-order valence-corrected chi connectivity index (χ1v) is 5.45. The lowest BCUT2D eigenvalue weighted by Gasteiger charge is -2.13. The van der Waals surface area contributed by atoms with Crippen LogP contribution >= 0.6 is 0 Å². The highest BCUT2D eigenvalue weighted by Gasteiger charge is 2.39. The SMILES string of the molecule is Cc1ccc(N2C(=O)c3nccnc3C2=O)cc1. The van der Waals surface area contributed by atoms with Crippen molar-refractivity contribution in [3.63, 3.8) is 0 Å². The van der Waals surface area contributed by atoms with E-state index in [1.165, 1.54) is 12.4 Å². The quantitative estimate of drug-likeness (QED) is 0.709. The van der Waals surface area contributed by atoms with Crippen LogP contribution in [0.5, 0.6) is 0 Å². The van der Waals surface area contributed by atoms with Crippen molar-refractivity contribution in [1.29, 1.82) is 0 Å². The molecule has 5 heteroatoms. The third kappa shape index (κ3) is 1.41. The van der Waals surface area contributed by atoms with Crippen molar-refractivity contribution >= 4 is 17.5 Å². The van der Waals surface area contributed by atoms with Crippen LogP contribution in [0.15, 0.2) is 36.7 Å². The topological polar surface area (TPSA) is 63.2 Å². The molecule has 0 N–H and O–H groups in total. The average molecular weight is 239 g/mol. The Hall–Kier alpha value is -2.56. The number of amides is 2. The van der Waals surface area contributed by atoms with Crippen molar-refractivity contribution in [2.45, 2.75) is 6.92 Å². The molecule has 0 spiro atoms. The molecule has 1 aliphatic heterocycles. The first-order valence-electron chi connectivity index (χ1n) is 5.45. The smallest absolute Gasteiger partial charge is 0.266 e. The standard InChI is InChI=1S/C13H9N3O2/c1-8-2-4-9(5-3-8)16-12(17)10-11(13(16)18)15-7-6-14-10/h2-7H,1H3. The summed E-state index contributed by atoms with van der Waals surface area (Å²) < 4.78 is 0. The molecular weight excluding hydrogens is 230 g/mol. The first-order chi connectivity index (χ1) is 8.68. The van der Waals surface area contributed by atoms with Gasteiger partial charge in [-0.2, -0.15) is 0 Å². The summed E-state index contributed by atoms with van der Waals surface area (Å²) in [5.74, 6) is -0.848. The van der Waals surface area contributed by atoms with E-state index in [9.17, 15) is 9.59 Å². The van der Waals surface area contributed by atoms with Gasteiger partial charge < -0.3 is 0 Å². The second-order valence-corrected chi connectivity index (χ2v) is 4.03. The summed E-state index contributed by atoms with van der Waals surface area (Å²) in [4.78, 5) is 33.1. The number of carbonyl (C=O) groups excluding carboxylic acids is 2. The lowest BCUT2D eigenvalue weighted by molar-refractivity contribution is 0.0923. The maximum atomic E-state index is 12.1. The molecule has 0 fully saturated rings. The number of hydrogen-bond acceptors (Lipinski definition) is 4. The lowest BCUT2D eigenvalue weighted by atomic mass is 10.2. The van der Waals surface area contributed by atoms with Gasteiger partial charge in [-0.1, -0.05) is 17.7 Å². The zero-order valence-corrected chi connectivity index (χ0v) is 9.62. The Kier molecular flexibility index (Phi) is 2.19. The van der Waals surface area contributed by atoms with Gasteiger partial charge in [0.1, 0.15) is 0 Å². The van der Waals surface area contributed by atoms with E-state index in [2.05, 4.69) is 9.97 Å². The molecule has 18 heavy (non-hydrogen) atoms. The van der Waals surface area contributed by atoms with E-state index in [0.29, 0.717) is 5.69 Å². The molecule has 2 amide bonds. The van der Waals surface area contributed by atoms with Gasteiger partial charge >= 0.3 is 0 Å². The normalized spacial score (nSPS) is 13.9. The van der Waals surface area contributed by atoms with E-state index in [4.69, 9.17) is 0 Å². The first kappa shape index (κ1) is 10.6. The summed E-state index contributed by atoms with van der Waals surface area (Å²) in [6.45, 7) is 1.94. The number of carbonyl (C=O) groups is 2. The maximum Gasteiger partial charge on any atom is 0.286 e. The summed E-state index contributed by atoms with van der Waals surface area (Å²) in [5.41, 5.74) is 1.83. The molecule has 0 atom stereocenters. The van der Waals surface area contributed by atoms with E-state index in [0.717, 1.165) is 10.5 Å². The highest BCUT2D eigenvalue weighted by molar-refractivity contribution is 6.33. The summed E-state index contributed by atoms with van der Waals surface area (Å²) in [6.07, 6.45) is 2.81. The van der Waals surface area contributed by atoms with Crippen LogP contribution in [-0.4, -0.2) is 21.8 Å². The van der Waals surface area contributed by atoms with Gasteiger partial charge in [0, 0.05) is 12.4 Å². The van der Waals surface area contributed by atoms with Gasteiger partial charge in [-0.3, -0.25) is 9.59 Å². The Morgan fingerprint density at radius 1 is 0.889 bits per heavy atom. The van der Waals surface area contributed by atoms with E-state index in [1.54, 1.807) is 12.1 Å². The van der Waals surface area contributed by atoms with Crippen LogP contribution in [0.25, 0.3) is 0 Å². The minimum absolute atomic E-state index is 0.114. The van der Waals surface area contributed by atoms with Crippen LogP contribution in [0, 0.1) is 6.92 Å². The van der Waals surface area contributed by atoms with Crippen LogP contribution in [0.4, 0.5) is 5.69 Å². The van der Waals surface area contributed by atoms with Gasteiger partial charge in [0.25, 0.3) is 11.8 Å². The predicted molar refractivity (Wildman–Crippen MR) is 64.4 cm³/mol. The summed E-state index contributed by atoms with van der Waals surface area (Å²) in [7, 11) is 0. The van der Waals surface area contributed by atoms with Crippen molar-refractivity contribution < 1.29 is 9.59 Å². The number of nitrogens with zero attached hydrogens (tertiary/aromatic N) is 3. The van der Waals surface area contributed by atoms with Crippen molar-refractivity contribution in [2.24, 2.45) is 0 Å². The number of rotatable bonds is 1. The number of aromatic nitrogens is 2. The Morgan fingerprint density at radius 2 is 1.39 bits per heavy atom. The van der Waals surface area contributed by atoms with Gasteiger partial charge in [-0.05, 0) is 19.1 Å². The predicted octanol–water partition coefficient (Wildman–Crippen LogP) is 1.59. The number of benzene rings is 1. The summed E-state index contributed by atoms with van der Waals surface area (Å²) >= 11 is 0. The van der Waals surface area contributed by atoms with Crippen LogP contribution < -0.4 is 4.90 Å². The maximum absolute atomic E-state index is 12.1. The number of fused-ring (bicyclic) bond motifs is 1. The van der Waals surface area contributed by atoms with Gasteiger partial charge in [0.2, 0.25) is 0 Å². The van der Waals surface area contributed by atoms with E-state index in [1.807, 2.05) is 19.1 Å². The molecule has 1 aliphatic rings. The highest BCUT2D eigenvalue weighted by Crippen LogP contribution is 2.25. The molecule has 2 aromatic rings. The fourth-order valence-electron chi connectivity index (χ4n) is 1.88. The fraction of sp³-hybridized carbons (Fsp3) is 0.0769. The molecule has 3 rings (SSSR count). The molecule has 0 aliphatic carbocycles. The van der Waals surface area contributed by atoms with Crippen LogP contribution in [0.3, 0.4) is 0 Å². The Bertz CT molecular complexity index is 615. The van der Waals surface area contributed by atoms with Crippen LogP contribution in [0.1, 0.15) is 26.5 Å². The van der Waals surface area contributed by atoms with Crippen molar-refractivity contribution in [3.05, 3.63) is 53.6 Å². The van der Waals surface area contributed by atoms with Crippen molar-refractivity contribution in [2.75, 3.05) is 4.90 Å². The summed E-state index contributed by atoms with van der Waals surface area (Å²) in [5, 5.41) is 0. The molecule has 0 saturated carbocycles. The molecule has 0 bridgehead atoms. The average Bonchev–Trinajstić information content (AvgIpc) is 2.64. The number of anilines is 1. The van der Waals surface area contributed by atoms with Crippen LogP contribution in [0.2, 0.25) is 0 Å². The van der Waals surface area contributed by atoms with E-state index < -0.39 is 11.8 Å². The van der Waals surface area contributed by atoms with E-state index in [-0.39, 0.29) is 11.4 Å².